The smallest absolute Gasteiger partial charge is 0.258 e. The van der Waals surface area contributed by atoms with Gasteiger partial charge >= 0.3 is 0 Å². The van der Waals surface area contributed by atoms with E-state index in [0.29, 0.717) is 0 Å². The van der Waals surface area contributed by atoms with Crippen molar-refractivity contribution in [2.45, 2.75) is 24.3 Å². The van der Waals surface area contributed by atoms with Crippen LogP contribution in [0.1, 0.15) is 13.8 Å². The van der Waals surface area contributed by atoms with Crippen molar-refractivity contribution in [2.75, 3.05) is 0 Å². The maximum absolute atomic E-state index is 11.9. The predicted molar refractivity (Wildman–Crippen MR) is 63.1 cm³/mol. The van der Waals surface area contributed by atoms with Crippen molar-refractivity contribution in [3.8, 4) is 6.07 Å². The number of nitro groups is 1. The van der Waals surface area contributed by atoms with E-state index in [0.717, 1.165) is 24.3 Å². The molecule has 0 bridgehead atoms. The molecule has 8 heteroatoms. The zero-order chi connectivity index (χ0) is 14.0. The molecule has 0 aliphatic carbocycles. The molecule has 0 heterocycles. The highest BCUT2D eigenvalue weighted by Crippen LogP contribution is 2.17. The van der Waals surface area contributed by atoms with Crippen LogP contribution in [0.5, 0.6) is 0 Å². The van der Waals surface area contributed by atoms with Gasteiger partial charge in [0.15, 0.2) is 0 Å². The maximum Gasteiger partial charge on any atom is 0.269 e. The predicted octanol–water partition coefficient (Wildman–Crippen LogP) is 1.18. The molecular weight excluding hydrogens is 258 g/mol. The van der Waals surface area contributed by atoms with Gasteiger partial charge in [0.05, 0.1) is 15.9 Å². The monoisotopic (exact) mass is 269 g/mol. The lowest BCUT2D eigenvalue weighted by molar-refractivity contribution is -0.384. The second-order valence-corrected chi connectivity index (χ2v) is 5.78. The summed E-state index contributed by atoms with van der Waals surface area (Å²) in [5, 5.41) is 19.2. The summed E-state index contributed by atoms with van der Waals surface area (Å²) in [7, 11) is -3.87. The maximum atomic E-state index is 11.9. The quantitative estimate of drug-likeness (QED) is 0.651. The number of nitro benzene ring substituents is 1. The van der Waals surface area contributed by atoms with Crippen molar-refractivity contribution in [1.29, 1.82) is 5.26 Å². The van der Waals surface area contributed by atoms with Crippen LogP contribution in [0.4, 0.5) is 5.69 Å². The van der Waals surface area contributed by atoms with Gasteiger partial charge in [-0.05, 0) is 26.0 Å². The molecule has 7 nitrogen and oxygen atoms in total. The Morgan fingerprint density at radius 1 is 1.33 bits per heavy atom. The summed E-state index contributed by atoms with van der Waals surface area (Å²) in [6.07, 6.45) is 0. The zero-order valence-electron chi connectivity index (χ0n) is 9.75. The van der Waals surface area contributed by atoms with E-state index in [-0.39, 0.29) is 10.6 Å². The Balaban J connectivity index is 3.08. The van der Waals surface area contributed by atoms with Crippen molar-refractivity contribution in [3.05, 3.63) is 34.4 Å². The Morgan fingerprint density at radius 3 is 2.22 bits per heavy atom. The van der Waals surface area contributed by atoms with E-state index in [1.54, 1.807) is 6.07 Å². The van der Waals surface area contributed by atoms with Crippen LogP contribution in [0, 0.1) is 21.4 Å². The first-order chi connectivity index (χ1) is 8.18. The van der Waals surface area contributed by atoms with E-state index >= 15 is 0 Å². The molecule has 1 N–H and O–H groups in total. The topological polar surface area (TPSA) is 113 Å². The molecule has 0 atom stereocenters. The average Bonchev–Trinajstić information content (AvgIpc) is 2.28. The fraction of sp³-hybridized carbons (Fsp3) is 0.300. The Bertz CT molecular complexity index is 599. The molecule has 1 rings (SSSR count). The second-order valence-electron chi connectivity index (χ2n) is 4.09. The SMILES string of the molecule is CC(C)(C#N)NS(=O)(=O)c1ccc([N+](=O)[O-])cc1. The van der Waals surface area contributed by atoms with E-state index in [2.05, 4.69) is 4.72 Å². The number of hydrogen-bond acceptors (Lipinski definition) is 5. The summed E-state index contributed by atoms with van der Waals surface area (Å²) in [5.41, 5.74) is -1.45. The molecule has 96 valence electrons. The number of sulfonamides is 1. The fourth-order valence-electron chi connectivity index (χ4n) is 1.16. The number of nitrogens with one attached hydrogen (secondary N) is 1. The Hall–Kier alpha value is -1.98. The molecule has 1 aromatic carbocycles. The van der Waals surface area contributed by atoms with Gasteiger partial charge in [0.1, 0.15) is 5.54 Å². The number of nitrogens with zero attached hydrogens (tertiary/aromatic N) is 2. The summed E-state index contributed by atoms with van der Waals surface area (Å²) in [5.74, 6) is 0. The third-order valence-electron chi connectivity index (χ3n) is 2.03. The molecule has 0 saturated heterocycles. The molecule has 0 spiro atoms. The van der Waals surface area contributed by atoms with Gasteiger partial charge < -0.3 is 0 Å². The third kappa shape index (κ3) is 3.26. The lowest BCUT2D eigenvalue weighted by Gasteiger charge is -2.17. The number of hydrogen-bond donors (Lipinski definition) is 1. The molecule has 0 aliphatic rings. The summed E-state index contributed by atoms with van der Waals surface area (Å²) in [6, 6.07) is 6.22. The largest absolute Gasteiger partial charge is 0.269 e. The van der Waals surface area contributed by atoms with Crippen molar-refractivity contribution >= 4 is 15.7 Å². The van der Waals surface area contributed by atoms with E-state index in [9.17, 15) is 18.5 Å². The Labute approximate surface area is 104 Å². The number of nitriles is 1. The molecule has 0 saturated carbocycles. The lowest BCUT2D eigenvalue weighted by atomic mass is 10.1. The Morgan fingerprint density at radius 2 is 1.83 bits per heavy atom. The molecule has 0 fully saturated rings. The van der Waals surface area contributed by atoms with Gasteiger partial charge in [-0.1, -0.05) is 0 Å². The van der Waals surface area contributed by atoms with Crippen LogP contribution in [-0.4, -0.2) is 18.9 Å². The molecule has 0 radical (unpaired) electrons. The summed E-state index contributed by atoms with van der Waals surface area (Å²) in [4.78, 5) is 9.68. The molecule has 0 unspecified atom stereocenters. The standard InChI is InChI=1S/C10H11N3O4S/c1-10(2,7-11)12-18(16,17)9-5-3-8(4-6-9)13(14)15/h3-6,12H,1-2H3. The molecule has 1 aromatic rings. The fourth-order valence-corrected chi connectivity index (χ4v) is 2.49. The first kappa shape index (κ1) is 14.1. The van der Waals surface area contributed by atoms with Gasteiger partial charge in [-0.25, -0.2) is 8.42 Å². The van der Waals surface area contributed by atoms with Crippen LogP contribution in [0.25, 0.3) is 0 Å². The normalized spacial score (nSPS) is 11.8. The van der Waals surface area contributed by atoms with Crippen LogP contribution < -0.4 is 4.72 Å². The van der Waals surface area contributed by atoms with Crippen LogP contribution >= 0.6 is 0 Å². The van der Waals surface area contributed by atoms with Gasteiger partial charge in [-0.2, -0.15) is 9.98 Å². The molecule has 0 aromatic heterocycles. The summed E-state index contributed by atoms with van der Waals surface area (Å²) < 4.78 is 25.9. The lowest BCUT2D eigenvalue weighted by Crippen LogP contribution is -2.41. The summed E-state index contributed by atoms with van der Waals surface area (Å²) >= 11 is 0. The van der Waals surface area contributed by atoms with Crippen molar-refractivity contribution in [2.24, 2.45) is 0 Å². The van der Waals surface area contributed by atoms with Crippen LogP contribution in [-0.2, 0) is 10.0 Å². The number of rotatable bonds is 4. The molecular formula is C10H11N3O4S. The average molecular weight is 269 g/mol. The van der Waals surface area contributed by atoms with E-state index in [1.165, 1.54) is 13.8 Å². The number of non-ortho nitro benzene ring substituents is 1. The van der Waals surface area contributed by atoms with Crippen LogP contribution in [0.15, 0.2) is 29.2 Å². The summed E-state index contributed by atoms with van der Waals surface area (Å²) in [6.45, 7) is 2.83. The third-order valence-corrected chi connectivity index (χ3v) is 3.70. The van der Waals surface area contributed by atoms with E-state index < -0.39 is 20.5 Å². The van der Waals surface area contributed by atoms with Crippen molar-refractivity contribution < 1.29 is 13.3 Å². The zero-order valence-corrected chi connectivity index (χ0v) is 10.6. The van der Waals surface area contributed by atoms with Gasteiger partial charge in [-0.3, -0.25) is 10.1 Å². The minimum absolute atomic E-state index is 0.128. The first-order valence-corrected chi connectivity index (χ1v) is 6.36. The minimum atomic E-state index is -3.87. The molecule has 18 heavy (non-hydrogen) atoms. The van der Waals surface area contributed by atoms with Crippen molar-refractivity contribution in [3.63, 3.8) is 0 Å². The minimum Gasteiger partial charge on any atom is -0.258 e. The highest BCUT2D eigenvalue weighted by molar-refractivity contribution is 7.89. The Kier molecular flexibility index (Phi) is 3.69. The van der Waals surface area contributed by atoms with Gasteiger partial charge in [-0.15, -0.1) is 0 Å². The molecule has 0 aliphatic heterocycles. The van der Waals surface area contributed by atoms with Gasteiger partial charge in [0.2, 0.25) is 10.0 Å². The highest BCUT2D eigenvalue weighted by atomic mass is 32.2. The van der Waals surface area contributed by atoms with Gasteiger partial charge in [0.25, 0.3) is 5.69 Å². The second kappa shape index (κ2) is 4.72. The van der Waals surface area contributed by atoms with Gasteiger partial charge in [0, 0.05) is 12.1 Å². The number of benzene rings is 1. The van der Waals surface area contributed by atoms with E-state index in [1.807, 2.05) is 0 Å². The first-order valence-electron chi connectivity index (χ1n) is 4.88. The van der Waals surface area contributed by atoms with Crippen molar-refractivity contribution in [1.82, 2.24) is 4.72 Å². The van der Waals surface area contributed by atoms with E-state index in [4.69, 9.17) is 5.26 Å². The van der Waals surface area contributed by atoms with Crippen LogP contribution in [0.3, 0.4) is 0 Å². The highest BCUT2D eigenvalue weighted by Gasteiger charge is 2.26. The van der Waals surface area contributed by atoms with Crippen LogP contribution in [0.2, 0.25) is 0 Å². The molecule has 0 amide bonds.